The van der Waals surface area contributed by atoms with Crippen molar-refractivity contribution in [3.63, 3.8) is 0 Å². The second kappa shape index (κ2) is 5.74. The van der Waals surface area contributed by atoms with E-state index in [1.165, 1.54) is 20.4 Å². The summed E-state index contributed by atoms with van der Waals surface area (Å²) in [5, 5.41) is 3.38. The first kappa shape index (κ1) is 12.7. The van der Waals surface area contributed by atoms with Crippen LogP contribution in [0.1, 0.15) is 11.1 Å². The Kier molecular flexibility index (Phi) is 4.30. The van der Waals surface area contributed by atoms with Crippen molar-refractivity contribution in [2.24, 2.45) is 0 Å². The predicted molar refractivity (Wildman–Crippen MR) is 81.5 cm³/mol. The van der Waals surface area contributed by atoms with Gasteiger partial charge in [-0.15, -0.1) is 12.3 Å². The molecule has 1 aliphatic heterocycles. The Hall–Kier alpha value is -0.730. The number of benzene rings is 1. The van der Waals surface area contributed by atoms with Gasteiger partial charge in [-0.3, -0.25) is 0 Å². The second-order valence-electron chi connectivity index (χ2n) is 4.34. The van der Waals surface area contributed by atoms with Crippen LogP contribution in [0, 0.1) is 22.8 Å². The number of nitrogens with one attached hydrogen (secondary N) is 1. The van der Waals surface area contributed by atoms with Gasteiger partial charge in [0.25, 0.3) is 0 Å². The van der Waals surface area contributed by atoms with Crippen LogP contribution < -0.4 is 10.2 Å². The van der Waals surface area contributed by atoms with Gasteiger partial charge in [0.15, 0.2) is 0 Å². The lowest BCUT2D eigenvalue weighted by Crippen LogP contribution is -2.43. The van der Waals surface area contributed by atoms with Crippen molar-refractivity contribution in [2.45, 2.75) is 13.3 Å². The van der Waals surface area contributed by atoms with Crippen molar-refractivity contribution < 1.29 is 0 Å². The van der Waals surface area contributed by atoms with E-state index in [9.17, 15) is 0 Å². The number of terminal acetylenes is 1. The molecule has 0 saturated carbocycles. The summed E-state index contributed by atoms with van der Waals surface area (Å²) in [5.41, 5.74) is 3.97. The van der Waals surface area contributed by atoms with Crippen LogP contribution in [0.3, 0.4) is 0 Å². The van der Waals surface area contributed by atoms with E-state index in [1.807, 2.05) is 0 Å². The lowest BCUT2D eigenvalue weighted by Gasteiger charge is -2.31. The second-order valence-corrected chi connectivity index (χ2v) is 5.50. The monoisotopic (exact) mass is 340 g/mol. The SMILES string of the molecule is C#CCc1cc(I)c(C)c(N2CCNCC2)c1. The van der Waals surface area contributed by atoms with Gasteiger partial charge < -0.3 is 10.2 Å². The highest BCUT2D eigenvalue weighted by atomic mass is 127. The van der Waals surface area contributed by atoms with E-state index in [0.717, 1.165) is 32.6 Å². The van der Waals surface area contributed by atoms with Crippen LogP contribution in [-0.2, 0) is 6.42 Å². The zero-order valence-electron chi connectivity index (χ0n) is 10.1. The molecule has 1 saturated heterocycles. The number of hydrogen-bond donors (Lipinski definition) is 1. The van der Waals surface area contributed by atoms with E-state index in [1.54, 1.807) is 0 Å². The van der Waals surface area contributed by atoms with Gasteiger partial charge >= 0.3 is 0 Å². The van der Waals surface area contributed by atoms with Crippen LogP contribution in [0.5, 0.6) is 0 Å². The van der Waals surface area contributed by atoms with Crippen LogP contribution in [0.15, 0.2) is 12.1 Å². The molecule has 0 radical (unpaired) electrons. The summed E-state index contributed by atoms with van der Waals surface area (Å²) >= 11 is 2.40. The molecule has 1 aromatic rings. The minimum atomic E-state index is 0.718. The van der Waals surface area contributed by atoms with Crippen LogP contribution in [0.2, 0.25) is 0 Å². The highest BCUT2D eigenvalue weighted by Gasteiger charge is 2.14. The standard InChI is InChI=1S/C14H17IN2/c1-3-4-12-9-13(15)11(2)14(10-12)17-7-5-16-6-8-17/h1,9-10,16H,4-8H2,2H3. The number of nitrogens with zero attached hydrogens (tertiary/aromatic N) is 1. The molecule has 0 atom stereocenters. The third-order valence-electron chi connectivity index (χ3n) is 3.14. The molecular formula is C14H17IN2. The molecule has 1 heterocycles. The smallest absolute Gasteiger partial charge is 0.0410 e. The largest absolute Gasteiger partial charge is 0.369 e. The highest BCUT2D eigenvalue weighted by Crippen LogP contribution is 2.27. The van der Waals surface area contributed by atoms with Crippen LogP contribution in [-0.4, -0.2) is 26.2 Å². The summed E-state index contributed by atoms with van der Waals surface area (Å²) in [6, 6.07) is 4.45. The van der Waals surface area contributed by atoms with Gasteiger partial charge in [-0.25, -0.2) is 0 Å². The Morgan fingerprint density at radius 3 is 2.76 bits per heavy atom. The maximum atomic E-state index is 5.40. The Morgan fingerprint density at radius 1 is 1.41 bits per heavy atom. The van der Waals surface area contributed by atoms with E-state index in [0.29, 0.717) is 0 Å². The molecular weight excluding hydrogens is 323 g/mol. The average Bonchev–Trinajstić information content (AvgIpc) is 2.35. The fourth-order valence-corrected chi connectivity index (χ4v) is 2.85. The van der Waals surface area contributed by atoms with Crippen LogP contribution >= 0.6 is 22.6 Å². The zero-order valence-corrected chi connectivity index (χ0v) is 12.3. The molecule has 0 aliphatic carbocycles. The van der Waals surface area contributed by atoms with Gasteiger partial charge in [0.1, 0.15) is 0 Å². The number of halogens is 1. The maximum absolute atomic E-state index is 5.40. The van der Waals surface area contributed by atoms with Crippen molar-refractivity contribution in [2.75, 3.05) is 31.1 Å². The van der Waals surface area contributed by atoms with E-state index in [2.05, 4.69) is 57.8 Å². The van der Waals surface area contributed by atoms with Gasteiger partial charge in [-0.05, 0) is 52.8 Å². The molecule has 0 spiro atoms. The van der Waals surface area contributed by atoms with Crippen molar-refractivity contribution >= 4 is 28.3 Å². The zero-order chi connectivity index (χ0) is 12.3. The van der Waals surface area contributed by atoms with E-state index >= 15 is 0 Å². The molecule has 0 aromatic heterocycles. The molecule has 0 bridgehead atoms. The van der Waals surface area contributed by atoms with Gasteiger partial charge in [0.05, 0.1) is 0 Å². The quantitative estimate of drug-likeness (QED) is 0.656. The maximum Gasteiger partial charge on any atom is 0.0410 e. The Balaban J connectivity index is 2.34. The Bertz CT molecular complexity index is 442. The first-order valence-electron chi connectivity index (χ1n) is 5.90. The highest BCUT2D eigenvalue weighted by molar-refractivity contribution is 14.1. The lowest BCUT2D eigenvalue weighted by atomic mass is 10.1. The number of hydrogen-bond acceptors (Lipinski definition) is 2. The number of piperazine rings is 1. The van der Waals surface area contributed by atoms with Gasteiger partial charge in [0, 0.05) is 41.9 Å². The van der Waals surface area contributed by atoms with E-state index in [-0.39, 0.29) is 0 Å². The average molecular weight is 340 g/mol. The van der Waals surface area contributed by atoms with Crippen molar-refractivity contribution in [3.05, 3.63) is 26.8 Å². The summed E-state index contributed by atoms with van der Waals surface area (Å²) in [6.07, 6.45) is 6.12. The molecule has 2 rings (SSSR count). The minimum Gasteiger partial charge on any atom is -0.369 e. The molecule has 1 fully saturated rings. The fourth-order valence-electron chi connectivity index (χ4n) is 2.17. The first-order chi connectivity index (χ1) is 8.22. The third kappa shape index (κ3) is 2.93. The van der Waals surface area contributed by atoms with Crippen molar-refractivity contribution in [3.8, 4) is 12.3 Å². The summed E-state index contributed by atoms with van der Waals surface area (Å²) in [4.78, 5) is 2.45. The molecule has 3 heteroatoms. The van der Waals surface area contributed by atoms with Gasteiger partial charge in [-0.2, -0.15) is 0 Å². The predicted octanol–water partition coefficient (Wildman–Crippen LogP) is 2.18. The van der Waals surface area contributed by atoms with Crippen LogP contribution in [0.4, 0.5) is 5.69 Å². The van der Waals surface area contributed by atoms with Gasteiger partial charge in [-0.1, -0.05) is 0 Å². The lowest BCUT2D eigenvalue weighted by molar-refractivity contribution is 0.588. The molecule has 0 unspecified atom stereocenters. The molecule has 1 aromatic carbocycles. The molecule has 90 valence electrons. The Labute approximate surface area is 117 Å². The fraction of sp³-hybridized carbons (Fsp3) is 0.429. The van der Waals surface area contributed by atoms with Crippen molar-refractivity contribution in [1.82, 2.24) is 5.32 Å². The van der Waals surface area contributed by atoms with E-state index in [4.69, 9.17) is 6.42 Å². The normalized spacial score (nSPS) is 15.7. The summed E-state index contributed by atoms with van der Waals surface area (Å²) in [6.45, 7) is 6.48. The molecule has 17 heavy (non-hydrogen) atoms. The van der Waals surface area contributed by atoms with Gasteiger partial charge in [0.2, 0.25) is 0 Å². The summed E-state index contributed by atoms with van der Waals surface area (Å²) in [5.74, 6) is 2.73. The van der Waals surface area contributed by atoms with Crippen LogP contribution in [0.25, 0.3) is 0 Å². The topological polar surface area (TPSA) is 15.3 Å². The summed E-state index contributed by atoms with van der Waals surface area (Å²) < 4.78 is 1.31. The molecule has 2 nitrogen and oxygen atoms in total. The number of rotatable bonds is 2. The molecule has 1 aliphatic rings. The first-order valence-corrected chi connectivity index (χ1v) is 6.98. The molecule has 0 amide bonds. The number of anilines is 1. The van der Waals surface area contributed by atoms with Crippen molar-refractivity contribution in [1.29, 1.82) is 0 Å². The Morgan fingerprint density at radius 2 is 2.12 bits per heavy atom. The minimum absolute atomic E-state index is 0.718. The third-order valence-corrected chi connectivity index (χ3v) is 4.26. The summed E-state index contributed by atoms with van der Waals surface area (Å²) in [7, 11) is 0. The van der Waals surface area contributed by atoms with E-state index < -0.39 is 0 Å². The molecule has 1 N–H and O–H groups in total.